The summed E-state index contributed by atoms with van der Waals surface area (Å²) in [5.41, 5.74) is 1.58. The molecular weight excluding hydrogens is 365 g/mol. The molecule has 7 heteroatoms. The lowest BCUT2D eigenvalue weighted by Gasteiger charge is -2.13. The molecule has 0 saturated heterocycles. The number of likely N-dealkylation sites (N-methyl/N-ethyl adjacent to an activating group) is 1. The maximum absolute atomic E-state index is 13.0. The number of rotatable bonds is 7. The van der Waals surface area contributed by atoms with E-state index in [0.717, 1.165) is 21.0 Å². The molecule has 0 aliphatic carbocycles. The zero-order chi connectivity index (χ0) is 19.2. The van der Waals surface area contributed by atoms with Crippen LogP contribution in [0.2, 0.25) is 0 Å². The van der Waals surface area contributed by atoms with E-state index in [9.17, 15) is 9.18 Å². The molecule has 1 unspecified atom stereocenters. The number of aromatic nitrogens is 1. The summed E-state index contributed by atoms with van der Waals surface area (Å²) >= 11 is 1.59. The minimum absolute atomic E-state index is 0.0701. The Bertz CT molecular complexity index is 912. The average Bonchev–Trinajstić information content (AvgIpc) is 3.10. The van der Waals surface area contributed by atoms with Gasteiger partial charge in [-0.05, 0) is 42.7 Å². The van der Waals surface area contributed by atoms with Crippen LogP contribution in [0, 0.1) is 5.82 Å². The van der Waals surface area contributed by atoms with Crippen LogP contribution < -0.4 is 10.2 Å². The van der Waals surface area contributed by atoms with Gasteiger partial charge in [0, 0.05) is 10.5 Å². The van der Waals surface area contributed by atoms with Gasteiger partial charge in [0.2, 0.25) is 0 Å². The third-order valence-corrected chi connectivity index (χ3v) is 4.77. The zero-order valence-corrected chi connectivity index (χ0v) is 16.0. The van der Waals surface area contributed by atoms with Crippen molar-refractivity contribution in [3.63, 3.8) is 0 Å². The fourth-order valence-corrected chi connectivity index (χ4v) is 3.23. The number of carbonyl (C=O) groups excluding carboxylic acids is 1. The summed E-state index contributed by atoms with van der Waals surface area (Å²) in [4.78, 5) is 18.5. The van der Waals surface area contributed by atoms with Crippen molar-refractivity contribution >= 4 is 23.4 Å². The van der Waals surface area contributed by atoms with E-state index in [1.165, 1.54) is 12.1 Å². The smallest absolute Gasteiger partial charge is 0.279 e. The summed E-state index contributed by atoms with van der Waals surface area (Å²) in [6.07, 6.45) is 3.59. The van der Waals surface area contributed by atoms with E-state index in [2.05, 4.69) is 10.3 Å². The second kappa shape index (κ2) is 8.83. The van der Waals surface area contributed by atoms with E-state index in [1.54, 1.807) is 30.1 Å². The van der Waals surface area contributed by atoms with Gasteiger partial charge in [0.15, 0.2) is 18.8 Å². The van der Waals surface area contributed by atoms with Crippen molar-refractivity contribution < 1.29 is 18.5 Å². The number of oxazole rings is 1. The number of thioether (sulfide) groups is 1. The van der Waals surface area contributed by atoms with Gasteiger partial charge in [-0.3, -0.25) is 4.79 Å². The number of anilines is 1. The summed E-state index contributed by atoms with van der Waals surface area (Å²) in [5.74, 6) is 0.747. The molecule has 0 aliphatic heterocycles. The molecule has 1 aromatic heterocycles. The van der Waals surface area contributed by atoms with Gasteiger partial charge in [-0.15, -0.1) is 11.8 Å². The number of quaternary nitrogens is 1. The van der Waals surface area contributed by atoms with Crippen LogP contribution in [-0.2, 0) is 11.3 Å². The van der Waals surface area contributed by atoms with Crippen LogP contribution >= 0.6 is 11.8 Å². The number of nitrogens with one attached hydrogen (secondary N) is 2. The molecule has 0 spiro atoms. The van der Waals surface area contributed by atoms with Crippen LogP contribution in [0.5, 0.6) is 0 Å². The SMILES string of the molecule is CSc1ccccc1NC(=O)C[NH+](C)Cc1ncc(-c2ccc(F)cc2)o1. The molecule has 1 atom stereocenters. The van der Waals surface area contributed by atoms with Crippen molar-refractivity contribution in [3.8, 4) is 11.3 Å². The number of halogens is 1. The molecule has 0 aliphatic rings. The Morgan fingerprint density at radius 2 is 1.96 bits per heavy atom. The van der Waals surface area contributed by atoms with E-state index in [4.69, 9.17) is 4.42 Å². The monoisotopic (exact) mass is 386 g/mol. The molecule has 1 amide bonds. The summed E-state index contributed by atoms with van der Waals surface area (Å²) in [7, 11) is 1.90. The Morgan fingerprint density at radius 1 is 1.22 bits per heavy atom. The minimum atomic E-state index is -0.295. The number of benzene rings is 2. The fraction of sp³-hybridized carbons (Fsp3) is 0.200. The van der Waals surface area contributed by atoms with Gasteiger partial charge in [0.25, 0.3) is 11.8 Å². The Kier molecular flexibility index (Phi) is 6.26. The lowest BCUT2D eigenvalue weighted by molar-refractivity contribution is -0.886. The molecule has 1 heterocycles. The van der Waals surface area contributed by atoms with Gasteiger partial charge in [-0.1, -0.05) is 12.1 Å². The number of carbonyl (C=O) groups is 1. The maximum atomic E-state index is 13.0. The van der Waals surface area contributed by atoms with E-state index in [0.29, 0.717) is 18.2 Å². The van der Waals surface area contributed by atoms with Crippen molar-refractivity contribution in [2.75, 3.05) is 25.2 Å². The van der Waals surface area contributed by atoms with Crippen molar-refractivity contribution in [3.05, 3.63) is 66.4 Å². The quantitative estimate of drug-likeness (QED) is 0.613. The molecule has 2 N–H and O–H groups in total. The first kappa shape index (κ1) is 19.1. The van der Waals surface area contributed by atoms with Crippen molar-refractivity contribution in [1.29, 1.82) is 0 Å². The lowest BCUT2D eigenvalue weighted by atomic mass is 10.2. The Labute approximate surface area is 161 Å². The summed E-state index contributed by atoms with van der Waals surface area (Å²) in [5, 5.41) is 2.95. The number of nitrogens with zero attached hydrogens (tertiary/aromatic N) is 1. The molecule has 2 aromatic carbocycles. The number of hydrogen-bond acceptors (Lipinski definition) is 4. The topological polar surface area (TPSA) is 59.6 Å². The molecular formula is C20H21FN3O2S+. The number of hydrogen-bond donors (Lipinski definition) is 2. The van der Waals surface area contributed by atoms with Crippen molar-refractivity contribution in [1.82, 2.24) is 4.98 Å². The molecule has 3 rings (SSSR count). The third kappa shape index (κ3) is 5.18. The van der Waals surface area contributed by atoms with Gasteiger partial charge >= 0.3 is 0 Å². The molecule has 0 radical (unpaired) electrons. The van der Waals surface area contributed by atoms with Gasteiger partial charge in [0.05, 0.1) is 18.9 Å². The largest absolute Gasteiger partial charge is 0.435 e. The molecule has 0 bridgehead atoms. The molecule has 27 heavy (non-hydrogen) atoms. The predicted octanol–water partition coefficient (Wildman–Crippen LogP) is 2.86. The van der Waals surface area contributed by atoms with Crippen LogP contribution in [0.4, 0.5) is 10.1 Å². The number of para-hydroxylation sites is 1. The van der Waals surface area contributed by atoms with Gasteiger partial charge in [-0.25, -0.2) is 9.37 Å². The van der Waals surface area contributed by atoms with Crippen LogP contribution in [-0.4, -0.2) is 30.7 Å². The van der Waals surface area contributed by atoms with Gasteiger partial charge in [-0.2, -0.15) is 0 Å². The predicted molar refractivity (Wildman–Crippen MR) is 104 cm³/mol. The molecule has 0 fully saturated rings. The molecule has 140 valence electrons. The Hall–Kier alpha value is -2.64. The second-order valence-electron chi connectivity index (χ2n) is 6.18. The normalized spacial score (nSPS) is 12.0. The first-order chi connectivity index (χ1) is 13.0. The highest BCUT2D eigenvalue weighted by molar-refractivity contribution is 7.98. The van der Waals surface area contributed by atoms with Gasteiger partial charge < -0.3 is 14.6 Å². The summed E-state index contributed by atoms with van der Waals surface area (Å²) < 4.78 is 18.7. The van der Waals surface area contributed by atoms with E-state index >= 15 is 0 Å². The molecule has 0 saturated carbocycles. The highest BCUT2D eigenvalue weighted by Crippen LogP contribution is 2.24. The number of amides is 1. The van der Waals surface area contributed by atoms with E-state index in [1.807, 2.05) is 37.6 Å². The summed E-state index contributed by atoms with van der Waals surface area (Å²) in [6.45, 7) is 0.760. The molecule has 3 aromatic rings. The van der Waals surface area contributed by atoms with Crippen LogP contribution in [0.15, 0.2) is 64.0 Å². The first-order valence-corrected chi connectivity index (χ1v) is 9.72. The van der Waals surface area contributed by atoms with E-state index < -0.39 is 0 Å². The standard InChI is InChI=1S/C20H20FN3O2S/c1-24(12-19(25)23-16-5-3-4-6-18(16)27-2)13-20-22-11-17(26-20)14-7-9-15(21)10-8-14/h3-11H,12-13H2,1-2H3,(H,23,25)/p+1. The maximum Gasteiger partial charge on any atom is 0.279 e. The third-order valence-electron chi connectivity index (χ3n) is 3.98. The minimum Gasteiger partial charge on any atom is -0.435 e. The Balaban J connectivity index is 1.57. The first-order valence-electron chi connectivity index (χ1n) is 8.50. The highest BCUT2D eigenvalue weighted by atomic mass is 32.2. The highest BCUT2D eigenvalue weighted by Gasteiger charge is 2.15. The fourth-order valence-electron chi connectivity index (χ4n) is 2.68. The Morgan fingerprint density at radius 3 is 2.70 bits per heavy atom. The lowest BCUT2D eigenvalue weighted by Crippen LogP contribution is -3.08. The second-order valence-corrected chi connectivity index (χ2v) is 7.03. The average molecular weight is 386 g/mol. The van der Waals surface area contributed by atoms with E-state index in [-0.39, 0.29) is 18.3 Å². The van der Waals surface area contributed by atoms with Crippen molar-refractivity contribution in [2.45, 2.75) is 11.4 Å². The summed E-state index contributed by atoms with van der Waals surface area (Å²) in [6, 6.07) is 13.8. The van der Waals surface area contributed by atoms with Crippen molar-refractivity contribution in [2.24, 2.45) is 0 Å². The van der Waals surface area contributed by atoms with Gasteiger partial charge in [0.1, 0.15) is 5.82 Å². The van der Waals surface area contributed by atoms with Crippen LogP contribution in [0.25, 0.3) is 11.3 Å². The zero-order valence-electron chi connectivity index (χ0n) is 15.2. The van der Waals surface area contributed by atoms with Crippen LogP contribution in [0.1, 0.15) is 5.89 Å². The van der Waals surface area contributed by atoms with Crippen LogP contribution in [0.3, 0.4) is 0 Å². The molecule has 5 nitrogen and oxygen atoms in total.